The van der Waals surface area contributed by atoms with Crippen molar-refractivity contribution in [3.63, 3.8) is 0 Å². The van der Waals surface area contributed by atoms with Crippen LogP contribution in [0.4, 0.5) is 0 Å². The van der Waals surface area contributed by atoms with Gasteiger partial charge in [-0.3, -0.25) is 0 Å². The molecule has 1 atom stereocenters. The lowest BCUT2D eigenvalue weighted by Crippen LogP contribution is -2.00. The van der Waals surface area contributed by atoms with E-state index in [1.807, 2.05) is 16.5 Å². The molecule has 0 radical (unpaired) electrons. The molecule has 0 saturated heterocycles. The van der Waals surface area contributed by atoms with Gasteiger partial charge in [-0.25, -0.2) is 14.8 Å². The molecule has 3 aromatic heterocycles. The number of hydrogen-bond acceptors (Lipinski definition) is 4. The van der Waals surface area contributed by atoms with Crippen LogP contribution in [0.3, 0.4) is 0 Å². The maximum absolute atomic E-state index is 11.5. The van der Waals surface area contributed by atoms with E-state index in [0.29, 0.717) is 17.7 Å². The minimum atomic E-state index is -0.400. The molecular weight excluding hydrogens is 390 g/mol. The van der Waals surface area contributed by atoms with Gasteiger partial charge in [0, 0.05) is 11.8 Å². The minimum absolute atomic E-state index is 0.399. The fourth-order valence-corrected chi connectivity index (χ4v) is 3.45. The molecule has 0 aliphatic rings. The number of H-pyrrole nitrogens is 1. The molecule has 102 valence electrons. The first-order chi connectivity index (χ1) is 9.72. The number of fused-ring (bicyclic) bond motifs is 1. The van der Waals surface area contributed by atoms with E-state index in [0.717, 1.165) is 16.8 Å². The first kappa shape index (κ1) is 13.5. The summed E-state index contributed by atoms with van der Waals surface area (Å²) in [7, 11) is 1.35. The molecule has 20 heavy (non-hydrogen) atoms. The van der Waals surface area contributed by atoms with Crippen LogP contribution in [0.5, 0.6) is 0 Å². The minimum Gasteiger partial charge on any atom is -0.464 e. The lowest BCUT2D eigenvalue weighted by molar-refractivity contribution is 0.0595. The Morgan fingerprint density at radius 3 is 3.10 bits per heavy atom. The number of esters is 1. The summed E-state index contributed by atoms with van der Waals surface area (Å²) >= 11 is 2.29. The second-order valence-corrected chi connectivity index (χ2v) is 6.14. The first-order valence-corrected chi connectivity index (χ1v) is 9.76. The zero-order chi connectivity index (χ0) is 14.1. The number of imidazole rings is 1. The third-order valence-electron chi connectivity index (χ3n) is 2.88. The van der Waals surface area contributed by atoms with Crippen molar-refractivity contribution in [3.05, 3.63) is 36.4 Å². The Morgan fingerprint density at radius 2 is 2.35 bits per heavy atom. The molecule has 1 unspecified atom stereocenters. The zero-order valence-electron chi connectivity index (χ0n) is 10.4. The van der Waals surface area contributed by atoms with Gasteiger partial charge in [-0.05, 0) is 40.2 Å². The second kappa shape index (κ2) is 5.49. The highest BCUT2D eigenvalue weighted by Gasteiger charge is 2.12. The van der Waals surface area contributed by atoms with Crippen molar-refractivity contribution >= 4 is 45.4 Å². The largest absolute Gasteiger partial charge is 0.464 e. The third kappa shape index (κ3) is 2.31. The molecule has 0 fully saturated rings. The first-order valence-electron chi connectivity index (χ1n) is 5.70. The van der Waals surface area contributed by atoms with Gasteiger partial charge in [0.25, 0.3) is 0 Å². The number of hydrogen-bond donors (Lipinski definition) is 1. The van der Waals surface area contributed by atoms with Gasteiger partial charge in [-0.1, -0.05) is 0 Å². The molecule has 1 N–H and O–H groups in total. The molecule has 0 aromatic carbocycles. The summed E-state index contributed by atoms with van der Waals surface area (Å²) in [5.74, 6) is -0.400. The van der Waals surface area contributed by atoms with E-state index >= 15 is 0 Å². The van der Waals surface area contributed by atoms with Crippen LogP contribution in [-0.4, -0.2) is 32.4 Å². The Bertz CT molecular complexity index is 783. The lowest BCUT2D eigenvalue weighted by atomic mass is 10.2. The number of carbonyl (C=O) groups is 1. The molecule has 0 amide bonds. The smallest absolute Gasteiger partial charge is 0.354 e. The Hall–Kier alpha value is -1.47. The standard InChI is InChI=1S/C12H10IN4O2P/c1-19-12(18)9-4-7-2-3-8(15-11(7)16-9)10-5-14-6-17(10)20-13/h2-6,20H,1H3,(H,15,16). The van der Waals surface area contributed by atoms with Crippen molar-refractivity contribution in [2.24, 2.45) is 0 Å². The predicted molar refractivity (Wildman–Crippen MR) is 86.4 cm³/mol. The summed E-state index contributed by atoms with van der Waals surface area (Å²) in [6.07, 6.45) is 4.12. The van der Waals surface area contributed by atoms with E-state index in [2.05, 4.69) is 37.0 Å². The molecule has 0 bridgehead atoms. The summed E-state index contributed by atoms with van der Waals surface area (Å²) < 4.78 is 6.72. The van der Waals surface area contributed by atoms with Gasteiger partial charge in [0.15, 0.2) is 0 Å². The van der Waals surface area contributed by atoms with E-state index in [1.165, 1.54) is 7.11 Å². The average Bonchev–Trinajstić information content (AvgIpc) is 3.11. The van der Waals surface area contributed by atoms with Crippen LogP contribution < -0.4 is 0 Å². The number of pyridine rings is 1. The number of nitrogens with zero attached hydrogens (tertiary/aromatic N) is 3. The number of aromatic nitrogens is 4. The molecule has 0 aliphatic carbocycles. The number of nitrogens with one attached hydrogen (secondary N) is 1. The van der Waals surface area contributed by atoms with Crippen LogP contribution in [0.2, 0.25) is 0 Å². The summed E-state index contributed by atoms with van der Waals surface area (Å²) in [6.45, 7) is 0. The second-order valence-electron chi connectivity index (χ2n) is 4.04. The number of ether oxygens (including phenoxy) is 1. The quantitative estimate of drug-likeness (QED) is 0.417. The number of carbonyl (C=O) groups excluding carboxylic acids is 1. The Labute approximate surface area is 129 Å². The monoisotopic (exact) mass is 400 g/mol. The van der Waals surface area contributed by atoms with Crippen molar-refractivity contribution in [2.45, 2.75) is 0 Å². The van der Waals surface area contributed by atoms with Crippen LogP contribution >= 0.6 is 28.4 Å². The van der Waals surface area contributed by atoms with E-state index < -0.39 is 5.97 Å². The van der Waals surface area contributed by atoms with Crippen molar-refractivity contribution in [3.8, 4) is 11.4 Å². The molecule has 0 aliphatic heterocycles. The summed E-state index contributed by atoms with van der Waals surface area (Å²) in [4.78, 5) is 23.2. The zero-order valence-corrected chi connectivity index (χ0v) is 13.6. The number of methoxy groups -OCH3 is 1. The van der Waals surface area contributed by atoms with E-state index in [9.17, 15) is 4.79 Å². The summed E-state index contributed by atoms with van der Waals surface area (Å²) in [6, 6.07) is 5.57. The molecule has 3 heterocycles. The Kier molecular flexibility index (Phi) is 3.71. The highest BCUT2D eigenvalue weighted by Crippen LogP contribution is 2.31. The van der Waals surface area contributed by atoms with Crippen LogP contribution in [-0.2, 0) is 4.74 Å². The molecule has 3 aromatic rings. The van der Waals surface area contributed by atoms with Crippen molar-refractivity contribution < 1.29 is 9.53 Å². The van der Waals surface area contributed by atoms with Gasteiger partial charge >= 0.3 is 5.97 Å². The summed E-state index contributed by atoms with van der Waals surface area (Å²) in [5, 5.41) is 0.872. The SMILES string of the molecule is COC(=O)c1cc2ccc(-c3cncn3PI)nc2[nH]1. The molecule has 0 spiro atoms. The molecular formula is C12H10IN4O2P. The lowest BCUT2D eigenvalue weighted by Gasteiger charge is -2.03. The maximum Gasteiger partial charge on any atom is 0.354 e. The highest BCUT2D eigenvalue weighted by atomic mass is 127. The van der Waals surface area contributed by atoms with Gasteiger partial charge in [0.2, 0.25) is 0 Å². The van der Waals surface area contributed by atoms with Crippen LogP contribution in [0.1, 0.15) is 10.5 Å². The normalized spacial score (nSPS) is 11.5. The number of halogens is 1. The van der Waals surface area contributed by atoms with E-state index in [1.54, 1.807) is 18.6 Å². The van der Waals surface area contributed by atoms with Crippen LogP contribution in [0, 0.1) is 0 Å². The van der Waals surface area contributed by atoms with Gasteiger partial charge in [-0.15, -0.1) is 0 Å². The van der Waals surface area contributed by atoms with Gasteiger partial charge < -0.3 is 14.1 Å². The number of aromatic amines is 1. The fraction of sp³-hybridized carbons (Fsp3) is 0.0833. The average molecular weight is 400 g/mol. The van der Waals surface area contributed by atoms with Crippen LogP contribution in [0.25, 0.3) is 22.4 Å². The maximum atomic E-state index is 11.5. The van der Waals surface area contributed by atoms with Crippen molar-refractivity contribution in [1.82, 2.24) is 19.3 Å². The fourth-order valence-electron chi connectivity index (χ4n) is 1.92. The highest BCUT2D eigenvalue weighted by molar-refractivity contribution is 14.2. The van der Waals surface area contributed by atoms with Crippen molar-refractivity contribution in [1.29, 1.82) is 0 Å². The van der Waals surface area contributed by atoms with Crippen molar-refractivity contribution in [2.75, 3.05) is 7.11 Å². The molecule has 0 saturated carbocycles. The Balaban J connectivity index is 2.09. The molecule has 3 rings (SSSR count). The predicted octanol–water partition coefficient (Wildman–Crippen LogP) is 3.00. The topological polar surface area (TPSA) is 72.8 Å². The van der Waals surface area contributed by atoms with Gasteiger partial charge in [-0.2, -0.15) is 0 Å². The molecule has 8 heteroatoms. The van der Waals surface area contributed by atoms with E-state index in [-0.39, 0.29) is 0 Å². The van der Waals surface area contributed by atoms with E-state index in [4.69, 9.17) is 4.74 Å². The van der Waals surface area contributed by atoms with Gasteiger partial charge in [0.05, 0.1) is 31.0 Å². The molecule has 6 nitrogen and oxygen atoms in total. The Morgan fingerprint density at radius 1 is 1.50 bits per heavy atom. The van der Waals surface area contributed by atoms with Gasteiger partial charge in [0.1, 0.15) is 11.3 Å². The summed E-state index contributed by atoms with van der Waals surface area (Å²) in [5.41, 5.74) is 2.83. The number of rotatable bonds is 3. The van der Waals surface area contributed by atoms with Crippen LogP contribution in [0.15, 0.2) is 30.7 Å². The third-order valence-corrected chi connectivity index (χ3v) is 4.97.